The van der Waals surface area contributed by atoms with E-state index in [0.717, 1.165) is 5.56 Å². The summed E-state index contributed by atoms with van der Waals surface area (Å²) in [6, 6.07) is 17.0. The first-order valence-corrected chi connectivity index (χ1v) is 10.9. The second-order valence-corrected chi connectivity index (χ2v) is 8.08. The molecule has 1 N–H and O–H groups in total. The Morgan fingerprint density at radius 2 is 1.85 bits per heavy atom. The third kappa shape index (κ3) is 5.84. The van der Waals surface area contributed by atoms with Gasteiger partial charge in [0.2, 0.25) is 0 Å². The van der Waals surface area contributed by atoms with Crippen LogP contribution in [0.25, 0.3) is 11.1 Å². The van der Waals surface area contributed by atoms with Gasteiger partial charge in [0, 0.05) is 11.6 Å². The van der Waals surface area contributed by atoms with Gasteiger partial charge in [0.15, 0.2) is 6.61 Å². The van der Waals surface area contributed by atoms with Gasteiger partial charge in [-0.3, -0.25) is 0 Å². The fourth-order valence-corrected chi connectivity index (χ4v) is 3.98. The highest BCUT2D eigenvalue weighted by Crippen LogP contribution is 2.35. The summed E-state index contributed by atoms with van der Waals surface area (Å²) in [6.07, 6.45) is -0.526. The summed E-state index contributed by atoms with van der Waals surface area (Å²) >= 11 is 6.21. The zero-order valence-electron chi connectivity index (χ0n) is 18.0. The molecule has 0 fully saturated rings. The summed E-state index contributed by atoms with van der Waals surface area (Å²) in [5.74, 6) is -1.20. The highest BCUT2D eigenvalue weighted by Gasteiger charge is 2.26. The Labute approximate surface area is 200 Å². The Morgan fingerprint density at radius 3 is 2.62 bits per heavy atom. The van der Waals surface area contributed by atoms with Crippen molar-refractivity contribution in [3.8, 4) is 16.9 Å². The summed E-state index contributed by atoms with van der Waals surface area (Å²) in [5.41, 5.74) is 3.27. The Morgan fingerprint density at radius 1 is 1.06 bits per heavy atom. The van der Waals surface area contributed by atoms with Crippen molar-refractivity contribution in [3.05, 3.63) is 88.2 Å². The first kappa shape index (κ1) is 23.5. The van der Waals surface area contributed by atoms with Crippen LogP contribution in [0.4, 0.5) is 9.18 Å². The van der Waals surface area contributed by atoms with E-state index in [2.05, 4.69) is 0 Å². The van der Waals surface area contributed by atoms with Crippen LogP contribution in [-0.2, 0) is 33.9 Å². The monoisotopic (exact) mass is 485 g/mol. The molecule has 1 aliphatic heterocycles. The molecule has 4 rings (SSSR count). The Kier molecular flexibility index (Phi) is 7.30. The molecule has 9 heteroatoms. The zero-order valence-corrected chi connectivity index (χ0v) is 18.8. The number of hydrogen-bond donors (Lipinski definition) is 1. The number of nitrogens with zero attached hydrogens (tertiary/aromatic N) is 1. The van der Waals surface area contributed by atoms with Crippen LogP contribution in [0.5, 0.6) is 5.75 Å². The summed E-state index contributed by atoms with van der Waals surface area (Å²) in [7, 11) is 0. The van der Waals surface area contributed by atoms with Gasteiger partial charge in [-0.25, -0.2) is 14.0 Å². The molecule has 176 valence electrons. The number of carbonyl (C=O) groups excluding carboxylic acids is 1. The Hall–Kier alpha value is -3.62. The van der Waals surface area contributed by atoms with E-state index in [0.29, 0.717) is 40.2 Å². The first-order chi connectivity index (χ1) is 16.4. The maximum atomic E-state index is 14.6. The maximum absolute atomic E-state index is 14.6. The summed E-state index contributed by atoms with van der Waals surface area (Å²) in [6.45, 7) is -0.00332. The van der Waals surface area contributed by atoms with Crippen LogP contribution >= 0.6 is 11.6 Å². The topological polar surface area (TPSA) is 85.3 Å². The van der Waals surface area contributed by atoms with Gasteiger partial charge in [0.25, 0.3) is 0 Å². The third-order valence-corrected chi connectivity index (χ3v) is 5.49. The van der Waals surface area contributed by atoms with E-state index < -0.39 is 18.7 Å². The Bertz CT molecular complexity index is 1200. The molecule has 0 atom stereocenters. The molecule has 3 aromatic carbocycles. The van der Waals surface area contributed by atoms with Crippen LogP contribution in [0.3, 0.4) is 0 Å². The SMILES string of the molecule is O=C(O)COc1cc(Cl)cc(-c2ccc(F)c3c2CN(OC(=O)OCc2ccccc2)CC3)c1. The standard InChI is InChI=1S/C25H21ClFNO6/c26-18-10-17(11-19(12-18)32-15-24(29)30)20-6-7-23(27)21-8-9-28(13-22(20)21)34-25(31)33-14-16-4-2-1-3-5-16/h1-7,10-12H,8-9,13-15H2,(H,29,30). The molecule has 1 heterocycles. The molecule has 0 bridgehead atoms. The molecule has 0 saturated heterocycles. The second-order valence-electron chi connectivity index (χ2n) is 7.64. The van der Waals surface area contributed by atoms with Gasteiger partial charge in [0.1, 0.15) is 18.2 Å². The number of carboxylic acid groups (broad SMARTS) is 1. The molecule has 0 aromatic heterocycles. The smallest absolute Gasteiger partial charge is 0.482 e. The molecule has 1 aliphatic rings. The van der Waals surface area contributed by atoms with Crippen LogP contribution in [0.1, 0.15) is 16.7 Å². The fourth-order valence-electron chi connectivity index (χ4n) is 3.75. The van der Waals surface area contributed by atoms with E-state index in [-0.39, 0.29) is 24.7 Å². The number of carboxylic acids is 1. The van der Waals surface area contributed by atoms with Crippen LogP contribution in [0.15, 0.2) is 60.7 Å². The predicted molar refractivity (Wildman–Crippen MR) is 122 cm³/mol. The largest absolute Gasteiger partial charge is 0.528 e. The minimum Gasteiger partial charge on any atom is -0.482 e. The average Bonchev–Trinajstić information content (AvgIpc) is 2.82. The second kappa shape index (κ2) is 10.5. The van der Waals surface area contributed by atoms with Gasteiger partial charge < -0.3 is 19.4 Å². The number of fused-ring (bicyclic) bond motifs is 1. The van der Waals surface area contributed by atoms with Gasteiger partial charge in [-0.05, 0) is 58.5 Å². The van der Waals surface area contributed by atoms with Crippen molar-refractivity contribution in [2.45, 2.75) is 19.6 Å². The highest BCUT2D eigenvalue weighted by molar-refractivity contribution is 6.31. The number of carbonyl (C=O) groups is 2. The van der Waals surface area contributed by atoms with Crippen molar-refractivity contribution in [2.24, 2.45) is 0 Å². The summed E-state index contributed by atoms with van der Waals surface area (Å²) in [5, 5.41) is 10.6. The normalized spacial score (nSPS) is 13.1. The number of hydroxylamine groups is 2. The summed E-state index contributed by atoms with van der Waals surface area (Å²) in [4.78, 5) is 28.4. The maximum Gasteiger partial charge on any atom is 0.528 e. The van der Waals surface area contributed by atoms with Crippen LogP contribution in [0, 0.1) is 5.82 Å². The minimum absolute atomic E-state index is 0.0750. The molecular formula is C25H21ClFNO6. The number of aliphatic carboxylic acids is 1. The molecular weight excluding hydrogens is 465 g/mol. The molecule has 0 unspecified atom stereocenters. The first-order valence-electron chi connectivity index (χ1n) is 10.5. The van der Waals surface area contributed by atoms with E-state index in [1.807, 2.05) is 30.3 Å². The van der Waals surface area contributed by atoms with Crippen molar-refractivity contribution in [3.63, 3.8) is 0 Å². The van der Waals surface area contributed by atoms with E-state index in [1.54, 1.807) is 18.2 Å². The lowest BCUT2D eigenvalue weighted by atomic mass is 9.91. The van der Waals surface area contributed by atoms with Gasteiger partial charge >= 0.3 is 12.1 Å². The third-order valence-electron chi connectivity index (χ3n) is 5.27. The number of halogens is 2. The van der Waals surface area contributed by atoms with Crippen LogP contribution in [0.2, 0.25) is 5.02 Å². The van der Waals surface area contributed by atoms with Crippen molar-refractivity contribution in [2.75, 3.05) is 13.2 Å². The molecule has 0 radical (unpaired) electrons. The molecule has 7 nitrogen and oxygen atoms in total. The number of benzene rings is 3. The van der Waals surface area contributed by atoms with Crippen LogP contribution < -0.4 is 4.74 Å². The van der Waals surface area contributed by atoms with Crippen molar-refractivity contribution in [1.29, 1.82) is 0 Å². The fraction of sp³-hybridized carbons (Fsp3) is 0.200. The number of hydrogen-bond acceptors (Lipinski definition) is 6. The van der Waals surface area contributed by atoms with E-state index in [4.69, 9.17) is 31.0 Å². The predicted octanol–water partition coefficient (Wildman–Crippen LogP) is 5.24. The lowest BCUT2D eigenvalue weighted by molar-refractivity contribution is -0.139. The van der Waals surface area contributed by atoms with Crippen molar-refractivity contribution in [1.82, 2.24) is 5.06 Å². The molecule has 34 heavy (non-hydrogen) atoms. The lowest BCUT2D eigenvalue weighted by Crippen LogP contribution is -2.34. The van der Waals surface area contributed by atoms with Crippen molar-refractivity contribution < 1.29 is 33.4 Å². The Balaban J connectivity index is 1.52. The van der Waals surface area contributed by atoms with Crippen molar-refractivity contribution >= 4 is 23.7 Å². The molecule has 0 saturated carbocycles. The van der Waals surface area contributed by atoms with Gasteiger partial charge in [-0.1, -0.05) is 48.0 Å². The van der Waals surface area contributed by atoms with Crippen LogP contribution in [-0.4, -0.2) is 35.4 Å². The number of ether oxygens (including phenoxy) is 2. The van der Waals surface area contributed by atoms with E-state index in [9.17, 15) is 14.0 Å². The highest BCUT2D eigenvalue weighted by atomic mass is 35.5. The average molecular weight is 486 g/mol. The molecule has 0 amide bonds. The van der Waals surface area contributed by atoms with Gasteiger partial charge in [0.05, 0.1) is 6.54 Å². The van der Waals surface area contributed by atoms with E-state index >= 15 is 0 Å². The zero-order chi connectivity index (χ0) is 24.1. The number of rotatable bonds is 7. The van der Waals surface area contributed by atoms with Gasteiger partial charge in [-0.2, -0.15) is 0 Å². The summed E-state index contributed by atoms with van der Waals surface area (Å²) < 4.78 is 25.0. The lowest BCUT2D eigenvalue weighted by Gasteiger charge is -2.29. The quantitative estimate of drug-likeness (QED) is 0.458. The molecule has 0 aliphatic carbocycles. The molecule has 0 spiro atoms. The minimum atomic E-state index is -1.12. The molecule has 3 aromatic rings. The van der Waals surface area contributed by atoms with E-state index in [1.165, 1.54) is 17.2 Å². The van der Waals surface area contributed by atoms with Gasteiger partial charge in [-0.15, -0.1) is 5.06 Å².